The van der Waals surface area contributed by atoms with Gasteiger partial charge in [-0.25, -0.2) is 0 Å². The van der Waals surface area contributed by atoms with E-state index in [0.717, 1.165) is 0 Å². The van der Waals surface area contributed by atoms with Crippen LogP contribution in [-0.2, 0) is 9.59 Å². The number of nitrogens with one attached hydrogen (secondary N) is 1. The number of benzene rings is 2. The fourth-order valence-electron chi connectivity index (χ4n) is 2.30. The smallest absolute Gasteiger partial charge is 0.305 e. The lowest BCUT2D eigenvalue weighted by Gasteiger charge is -2.23. The molecule has 0 unspecified atom stereocenters. The molecule has 142 valence electrons. The Labute approximate surface area is 161 Å². The van der Waals surface area contributed by atoms with E-state index in [9.17, 15) is 14.4 Å². The van der Waals surface area contributed by atoms with Crippen LogP contribution in [0.4, 0.5) is 5.69 Å². The molecular weight excluding hydrogens is 372 g/mol. The fraction of sp³-hybridized carbons (Fsp3) is 0.211. The zero-order chi connectivity index (χ0) is 19.8. The lowest BCUT2D eigenvalue weighted by Crippen LogP contribution is -2.41. The van der Waals surface area contributed by atoms with E-state index in [2.05, 4.69) is 5.32 Å². The predicted octanol–water partition coefficient (Wildman–Crippen LogP) is 2.59. The molecule has 0 bridgehead atoms. The molecule has 0 spiro atoms. The first kappa shape index (κ1) is 20.3. The minimum atomic E-state index is -1.01. The molecule has 0 saturated carbocycles. The maximum Gasteiger partial charge on any atom is 0.305 e. The summed E-state index contributed by atoms with van der Waals surface area (Å²) in [6, 6.07) is 13.0. The molecule has 2 rings (SSSR count). The number of carboxylic acids is 1. The Morgan fingerprint density at radius 1 is 1.07 bits per heavy atom. The summed E-state index contributed by atoms with van der Waals surface area (Å²) in [7, 11) is 1.53. The molecule has 0 atom stereocenters. The van der Waals surface area contributed by atoms with Gasteiger partial charge < -0.3 is 15.2 Å². The van der Waals surface area contributed by atoms with Gasteiger partial charge in [-0.15, -0.1) is 0 Å². The Bertz CT molecular complexity index is 806. The summed E-state index contributed by atoms with van der Waals surface area (Å²) in [5.74, 6) is -1.25. The predicted molar refractivity (Wildman–Crippen MR) is 101 cm³/mol. The molecule has 2 amide bonds. The number of anilines is 1. The minimum Gasteiger partial charge on any atom is -0.497 e. The zero-order valence-electron chi connectivity index (χ0n) is 14.6. The average molecular weight is 391 g/mol. The van der Waals surface area contributed by atoms with Crippen LogP contribution in [0.2, 0.25) is 5.02 Å². The van der Waals surface area contributed by atoms with Gasteiger partial charge in [0.25, 0.3) is 5.91 Å². The molecule has 8 heteroatoms. The SMILES string of the molecule is COc1ccc(N(CC(=O)NCCC(=O)O)C(=O)c2ccc(Cl)cc2)cc1. The highest BCUT2D eigenvalue weighted by molar-refractivity contribution is 6.30. The molecule has 0 aromatic heterocycles. The van der Waals surface area contributed by atoms with Gasteiger partial charge in [0, 0.05) is 22.8 Å². The first-order valence-electron chi connectivity index (χ1n) is 8.10. The van der Waals surface area contributed by atoms with Crippen molar-refractivity contribution in [2.24, 2.45) is 0 Å². The van der Waals surface area contributed by atoms with Crippen molar-refractivity contribution in [2.45, 2.75) is 6.42 Å². The third-order valence-corrected chi connectivity index (χ3v) is 3.94. The van der Waals surface area contributed by atoms with Crippen LogP contribution in [0.15, 0.2) is 48.5 Å². The van der Waals surface area contributed by atoms with Crippen molar-refractivity contribution in [3.05, 3.63) is 59.1 Å². The van der Waals surface area contributed by atoms with Crippen LogP contribution in [0.1, 0.15) is 16.8 Å². The number of hydrogen-bond donors (Lipinski definition) is 2. The van der Waals surface area contributed by atoms with Crippen LogP contribution in [-0.4, -0.2) is 43.1 Å². The number of nitrogens with zero attached hydrogens (tertiary/aromatic N) is 1. The molecule has 27 heavy (non-hydrogen) atoms. The Morgan fingerprint density at radius 3 is 2.26 bits per heavy atom. The highest BCUT2D eigenvalue weighted by Gasteiger charge is 2.21. The Morgan fingerprint density at radius 2 is 1.70 bits per heavy atom. The lowest BCUT2D eigenvalue weighted by atomic mass is 10.1. The number of methoxy groups -OCH3 is 1. The van der Waals surface area contributed by atoms with Crippen LogP contribution in [0.25, 0.3) is 0 Å². The van der Waals surface area contributed by atoms with Gasteiger partial charge in [-0.2, -0.15) is 0 Å². The number of carbonyl (C=O) groups excluding carboxylic acids is 2. The Kier molecular flexibility index (Phi) is 7.19. The van der Waals surface area contributed by atoms with Crippen LogP contribution < -0.4 is 15.0 Å². The second kappa shape index (κ2) is 9.59. The van der Waals surface area contributed by atoms with Gasteiger partial charge in [0.15, 0.2) is 0 Å². The second-order valence-electron chi connectivity index (χ2n) is 5.59. The first-order valence-corrected chi connectivity index (χ1v) is 8.48. The van der Waals surface area contributed by atoms with Crippen molar-refractivity contribution in [3.8, 4) is 5.75 Å². The van der Waals surface area contributed by atoms with Gasteiger partial charge >= 0.3 is 5.97 Å². The topological polar surface area (TPSA) is 95.9 Å². The number of amides is 2. The van der Waals surface area contributed by atoms with E-state index in [1.807, 2.05) is 0 Å². The summed E-state index contributed by atoms with van der Waals surface area (Å²) in [6.45, 7) is -0.271. The lowest BCUT2D eigenvalue weighted by molar-refractivity contribution is -0.136. The monoisotopic (exact) mass is 390 g/mol. The Balaban J connectivity index is 2.21. The molecule has 0 radical (unpaired) electrons. The third kappa shape index (κ3) is 6.00. The quantitative estimate of drug-likeness (QED) is 0.722. The van der Waals surface area contributed by atoms with Crippen LogP contribution in [0, 0.1) is 0 Å². The third-order valence-electron chi connectivity index (χ3n) is 3.68. The summed E-state index contributed by atoms with van der Waals surface area (Å²) in [6.07, 6.45) is -0.195. The van der Waals surface area contributed by atoms with E-state index in [0.29, 0.717) is 22.0 Å². The first-order chi connectivity index (χ1) is 12.9. The average Bonchev–Trinajstić information content (AvgIpc) is 2.66. The Hall–Kier alpha value is -3.06. The summed E-state index contributed by atoms with van der Waals surface area (Å²) >= 11 is 5.86. The van der Waals surface area contributed by atoms with Gasteiger partial charge in [0.2, 0.25) is 5.91 Å². The largest absolute Gasteiger partial charge is 0.497 e. The van der Waals surface area contributed by atoms with Crippen LogP contribution >= 0.6 is 11.6 Å². The maximum absolute atomic E-state index is 12.9. The maximum atomic E-state index is 12.9. The second-order valence-corrected chi connectivity index (χ2v) is 6.03. The minimum absolute atomic E-state index is 0.0141. The van der Waals surface area contributed by atoms with E-state index >= 15 is 0 Å². The molecule has 0 saturated heterocycles. The molecule has 2 N–H and O–H groups in total. The van der Waals surface area contributed by atoms with Gasteiger partial charge in [0.05, 0.1) is 13.5 Å². The van der Waals surface area contributed by atoms with Crippen molar-refractivity contribution < 1.29 is 24.2 Å². The molecule has 0 fully saturated rings. The summed E-state index contributed by atoms with van der Waals surface area (Å²) < 4.78 is 5.11. The number of carboxylic acid groups (broad SMARTS) is 1. The van der Waals surface area contributed by atoms with E-state index in [-0.39, 0.29) is 25.4 Å². The number of carbonyl (C=O) groups is 3. The molecule has 0 aliphatic rings. The van der Waals surface area contributed by atoms with Gasteiger partial charge in [0.1, 0.15) is 12.3 Å². The van der Waals surface area contributed by atoms with E-state index in [1.165, 1.54) is 12.0 Å². The highest BCUT2D eigenvalue weighted by Crippen LogP contribution is 2.21. The van der Waals surface area contributed by atoms with E-state index in [4.69, 9.17) is 21.4 Å². The normalized spacial score (nSPS) is 10.1. The molecule has 7 nitrogen and oxygen atoms in total. The number of halogens is 1. The standard InChI is InChI=1S/C19H19ClN2O5/c1-27-16-8-6-15(7-9-16)22(12-17(23)21-11-10-18(24)25)19(26)13-2-4-14(20)5-3-13/h2-9H,10-12H2,1H3,(H,21,23)(H,24,25). The number of rotatable bonds is 8. The summed E-state index contributed by atoms with van der Waals surface area (Å²) in [5, 5.41) is 11.6. The molecule has 0 aliphatic heterocycles. The molecule has 2 aromatic carbocycles. The number of hydrogen-bond acceptors (Lipinski definition) is 4. The number of ether oxygens (including phenoxy) is 1. The molecule has 2 aromatic rings. The molecule has 0 aliphatic carbocycles. The van der Waals surface area contributed by atoms with Gasteiger partial charge in [-0.05, 0) is 48.5 Å². The van der Waals surface area contributed by atoms with Gasteiger partial charge in [-0.3, -0.25) is 19.3 Å². The van der Waals surface area contributed by atoms with Crippen LogP contribution in [0.5, 0.6) is 5.75 Å². The van der Waals surface area contributed by atoms with Crippen molar-refractivity contribution in [3.63, 3.8) is 0 Å². The van der Waals surface area contributed by atoms with Gasteiger partial charge in [-0.1, -0.05) is 11.6 Å². The highest BCUT2D eigenvalue weighted by atomic mass is 35.5. The molecular formula is C19H19ClN2O5. The van der Waals surface area contributed by atoms with Crippen molar-refractivity contribution in [1.29, 1.82) is 0 Å². The van der Waals surface area contributed by atoms with E-state index in [1.54, 1.807) is 48.5 Å². The van der Waals surface area contributed by atoms with Crippen molar-refractivity contribution >= 4 is 35.1 Å². The summed E-state index contributed by atoms with van der Waals surface area (Å²) in [5.41, 5.74) is 0.873. The summed E-state index contributed by atoms with van der Waals surface area (Å²) in [4.78, 5) is 37.0. The van der Waals surface area contributed by atoms with Crippen molar-refractivity contribution in [1.82, 2.24) is 5.32 Å². The number of aliphatic carboxylic acids is 1. The fourth-order valence-corrected chi connectivity index (χ4v) is 2.43. The van der Waals surface area contributed by atoms with Crippen molar-refractivity contribution in [2.75, 3.05) is 25.1 Å². The van der Waals surface area contributed by atoms with Crippen LogP contribution in [0.3, 0.4) is 0 Å². The zero-order valence-corrected chi connectivity index (χ0v) is 15.4. The van der Waals surface area contributed by atoms with E-state index < -0.39 is 11.9 Å². The molecule has 0 heterocycles.